The van der Waals surface area contributed by atoms with Gasteiger partial charge in [0.1, 0.15) is 5.82 Å². The minimum Gasteiger partial charge on any atom is -0.397 e. The van der Waals surface area contributed by atoms with Gasteiger partial charge in [0.25, 0.3) is 0 Å². The van der Waals surface area contributed by atoms with Crippen molar-refractivity contribution in [2.24, 2.45) is 5.14 Å². The first-order chi connectivity index (χ1) is 9.27. The first kappa shape index (κ1) is 14.6. The molecule has 0 aromatic heterocycles. The van der Waals surface area contributed by atoms with Crippen LogP contribution in [0.2, 0.25) is 5.02 Å². The molecule has 0 aliphatic carbocycles. The molecule has 0 unspecified atom stereocenters. The summed E-state index contributed by atoms with van der Waals surface area (Å²) >= 11 is 5.92. The Bertz CT molecular complexity index is 765. The fourth-order valence-corrected chi connectivity index (χ4v) is 2.26. The summed E-state index contributed by atoms with van der Waals surface area (Å²) in [6, 6.07) is 7.67. The Morgan fingerprint density at radius 1 is 1.10 bits per heavy atom. The van der Waals surface area contributed by atoms with Gasteiger partial charge in [0.05, 0.1) is 27.0 Å². The summed E-state index contributed by atoms with van der Waals surface area (Å²) in [7, 11) is -3.86. The number of nitrogen functional groups attached to an aromatic ring is 1. The molecule has 2 aromatic carbocycles. The molecule has 0 bridgehead atoms. The minimum absolute atomic E-state index is 0.110. The molecule has 0 radical (unpaired) electrons. The molecular formula is C12H11ClFN3O2S. The van der Waals surface area contributed by atoms with Crippen molar-refractivity contribution in [3.05, 3.63) is 47.2 Å². The second kappa shape index (κ2) is 5.28. The van der Waals surface area contributed by atoms with Crippen LogP contribution >= 0.6 is 11.6 Å². The van der Waals surface area contributed by atoms with E-state index in [1.54, 1.807) is 0 Å². The SMILES string of the molecule is Nc1ccc(S(N)(=O)=O)cc1Nc1cc(F)ccc1Cl. The second-order valence-electron chi connectivity index (χ2n) is 4.04. The monoisotopic (exact) mass is 315 g/mol. The van der Waals surface area contributed by atoms with E-state index in [9.17, 15) is 12.8 Å². The van der Waals surface area contributed by atoms with Gasteiger partial charge in [-0.1, -0.05) is 11.6 Å². The number of primary sulfonamides is 1. The normalized spacial score (nSPS) is 11.3. The van der Waals surface area contributed by atoms with E-state index in [0.29, 0.717) is 0 Å². The van der Waals surface area contributed by atoms with E-state index < -0.39 is 15.8 Å². The van der Waals surface area contributed by atoms with Gasteiger partial charge in [0, 0.05) is 0 Å². The first-order valence-electron chi connectivity index (χ1n) is 5.42. The second-order valence-corrected chi connectivity index (χ2v) is 6.01. The third kappa shape index (κ3) is 3.19. The third-order valence-corrected chi connectivity index (χ3v) is 3.79. The van der Waals surface area contributed by atoms with Crippen LogP contribution in [0.15, 0.2) is 41.3 Å². The number of halogens is 2. The van der Waals surface area contributed by atoms with E-state index >= 15 is 0 Å². The third-order valence-electron chi connectivity index (χ3n) is 2.55. The van der Waals surface area contributed by atoms with Gasteiger partial charge < -0.3 is 11.1 Å². The Balaban J connectivity index is 2.45. The topological polar surface area (TPSA) is 98.2 Å². The van der Waals surface area contributed by atoms with Crippen molar-refractivity contribution in [2.45, 2.75) is 4.90 Å². The van der Waals surface area contributed by atoms with Crippen LogP contribution < -0.4 is 16.2 Å². The van der Waals surface area contributed by atoms with E-state index in [1.165, 1.54) is 36.4 Å². The highest BCUT2D eigenvalue weighted by molar-refractivity contribution is 7.89. The lowest BCUT2D eigenvalue weighted by Gasteiger charge is -2.12. The van der Waals surface area contributed by atoms with Crippen LogP contribution in [0.5, 0.6) is 0 Å². The maximum Gasteiger partial charge on any atom is 0.238 e. The summed E-state index contributed by atoms with van der Waals surface area (Å²) in [6.45, 7) is 0. The van der Waals surface area contributed by atoms with E-state index in [1.807, 2.05) is 0 Å². The minimum atomic E-state index is -3.86. The van der Waals surface area contributed by atoms with Crippen molar-refractivity contribution < 1.29 is 12.8 Å². The average Bonchev–Trinajstić information content (AvgIpc) is 2.35. The summed E-state index contributed by atoms with van der Waals surface area (Å²) in [5.41, 5.74) is 6.55. The van der Waals surface area contributed by atoms with Crippen LogP contribution in [0.25, 0.3) is 0 Å². The van der Waals surface area contributed by atoms with Gasteiger partial charge in [-0.25, -0.2) is 17.9 Å². The van der Waals surface area contributed by atoms with Crippen LogP contribution in [0.4, 0.5) is 21.5 Å². The molecule has 0 heterocycles. The molecule has 20 heavy (non-hydrogen) atoms. The van der Waals surface area contributed by atoms with E-state index in [0.717, 1.165) is 0 Å². The highest BCUT2D eigenvalue weighted by Crippen LogP contribution is 2.30. The first-order valence-corrected chi connectivity index (χ1v) is 7.34. The van der Waals surface area contributed by atoms with Gasteiger partial charge in [-0.3, -0.25) is 0 Å². The van der Waals surface area contributed by atoms with Crippen LogP contribution in [0, 0.1) is 5.82 Å². The number of sulfonamides is 1. The van der Waals surface area contributed by atoms with Crippen molar-refractivity contribution in [1.29, 1.82) is 0 Å². The molecule has 0 saturated carbocycles. The van der Waals surface area contributed by atoms with E-state index in [4.69, 9.17) is 22.5 Å². The van der Waals surface area contributed by atoms with Gasteiger partial charge in [-0.05, 0) is 36.4 Å². The zero-order valence-corrected chi connectivity index (χ0v) is 11.7. The Morgan fingerprint density at radius 3 is 2.45 bits per heavy atom. The predicted octanol–water partition coefficient (Wildman–Crippen LogP) is 2.45. The van der Waals surface area contributed by atoms with Crippen LogP contribution in [0.1, 0.15) is 0 Å². The zero-order valence-electron chi connectivity index (χ0n) is 10.1. The molecule has 0 fully saturated rings. The smallest absolute Gasteiger partial charge is 0.238 e. The maximum absolute atomic E-state index is 13.2. The van der Waals surface area contributed by atoms with Gasteiger partial charge in [-0.15, -0.1) is 0 Å². The van der Waals surface area contributed by atoms with Gasteiger partial charge in [0.2, 0.25) is 10.0 Å². The van der Waals surface area contributed by atoms with Gasteiger partial charge >= 0.3 is 0 Å². The lowest BCUT2D eigenvalue weighted by atomic mass is 10.2. The lowest BCUT2D eigenvalue weighted by Crippen LogP contribution is -2.12. The Kier molecular flexibility index (Phi) is 3.85. The van der Waals surface area contributed by atoms with Crippen molar-refractivity contribution in [3.63, 3.8) is 0 Å². The van der Waals surface area contributed by atoms with Crippen LogP contribution in [0.3, 0.4) is 0 Å². The highest BCUT2D eigenvalue weighted by Gasteiger charge is 2.11. The van der Waals surface area contributed by atoms with E-state index in [2.05, 4.69) is 5.32 Å². The van der Waals surface area contributed by atoms with Crippen molar-refractivity contribution in [1.82, 2.24) is 0 Å². The Labute approximate surface area is 120 Å². The summed E-state index contributed by atoms with van der Waals surface area (Å²) < 4.78 is 35.8. The number of nitrogens with one attached hydrogen (secondary N) is 1. The summed E-state index contributed by atoms with van der Waals surface area (Å²) in [6.07, 6.45) is 0. The van der Waals surface area contributed by atoms with Crippen LogP contribution in [-0.2, 0) is 10.0 Å². The molecule has 8 heteroatoms. The summed E-state index contributed by atoms with van der Waals surface area (Å²) in [4.78, 5) is -0.110. The summed E-state index contributed by atoms with van der Waals surface area (Å²) in [5.74, 6) is -0.488. The molecule has 106 valence electrons. The largest absolute Gasteiger partial charge is 0.397 e. The van der Waals surface area contributed by atoms with Gasteiger partial charge in [-0.2, -0.15) is 0 Å². The molecule has 2 rings (SSSR count). The fourth-order valence-electron chi connectivity index (χ4n) is 1.56. The average molecular weight is 316 g/mol. The molecule has 0 amide bonds. The molecule has 2 aromatic rings. The standard InChI is InChI=1S/C12H11ClFN3O2S/c13-9-3-1-7(14)5-11(9)17-12-6-8(20(16,18)19)2-4-10(12)15/h1-6,17H,15H2,(H2,16,18,19). The highest BCUT2D eigenvalue weighted by atomic mass is 35.5. The Morgan fingerprint density at radius 2 is 1.80 bits per heavy atom. The predicted molar refractivity (Wildman–Crippen MR) is 76.9 cm³/mol. The lowest BCUT2D eigenvalue weighted by molar-refractivity contribution is 0.598. The molecule has 0 atom stereocenters. The van der Waals surface area contributed by atoms with E-state index in [-0.39, 0.29) is 27.0 Å². The Hall–Kier alpha value is -1.83. The molecular weight excluding hydrogens is 305 g/mol. The molecule has 0 spiro atoms. The molecule has 0 saturated heterocycles. The number of hydrogen-bond acceptors (Lipinski definition) is 4. The number of hydrogen-bond donors (Lipinski definition) is 3. The molecule has 0 aliphatic heterocycles. The number of rotatable bonds is 3. The maximum atomic E-state index is 13.2. The van der Waals surface area contributed by atoms with Crippen molar-refractivity contribution in [2.75, 3.05) is 11.1 Å². The molecule has 0 aliphatic rings. The van der Waals surface area contributed by atoms with Crippen LogP contribution in [-0.4, -0.2) is 8.42 Å². The summed E-state index contributed by atoms with van der Waals surface area (Å²) in [5, 5.41) is 8.09. The van der Waals surface area contributed by atoms with Crippen molar-refractivity contribution in [3.8, 4) is 0 Å². The fraction of sp³-hybridized carbons (Fsp3) is 0. The number of nitrogens with two attached hydrogens (primary N) is 2. The number of anilines is 3. The quantitative estimate of drug-likeness (QED) is 0.758. The zero-order chi connectivity index (χ0) is 14.9. The van der Waals surface area contributed by atoms with Gasteiger partial charge in [0.15, 0.2) is 0 Å². The van der Waals surface area contributed by atoms with Crippen molar-refractivity contribution >= 4 is 38.7 Å². The number of benzene rings is 2. The molecule has 5 nitrogen and oxygen atoms in total. The molecule has 5 N–H and O–H groups in total.